The molecular formula is C10H15NOS. The van der Waals surface area contributed by atoms with E-state index in [1.807, 2.05) is 12.1 Å². The summed E-state index contributed by atoms with van der Waals surface area (Å²) in [5.74, 6) is 1.13. The monoisotopic (exact) mass is 197 g/mol. The van der Waals surface area contributed by atoms with E-state index in [0.717, 1.165) is 16.3 Å². The van der Waals surface area contributed by atoms with E-state index in [0.29, 0.717) is 0 Å². The number of pyridine rings is 1. The minimum atomic E-state index is 0.0763. The first kappa shape index (κ1) is 10.5. The van der Waals surface area contributed by atoms with Crippen molar-refractivity contribution in [1.82, 2.24) is 4.98 Å². The first-order chi connectivity index (χ1) is 6.36. The third kappa shape index (κ3) is 3.79. The zero-order valence-corrected chi connectivity index (χ0v) is 8.68. The van der Waals surface area contributed by atoms with Crippen LogP contribution in [-0.4, -0.2) is 15.8 Å². The number of aliphatic hydroxyl groups is 1. The maximum Gasteiger partial charge on any atom is 0.0960 e. The van der Waals surface area contributed by atoms with Gasteiger partial charge in [-0.25, -0.2) is 4.98 Å². The van der Waals surface area contributed by atoms with Crippen LogP contribution in [0, 0.1) is 0 Å². The summed E-state index contributed by atoms with van der Waals surface area (Å²) in [7, 11) is 0. The molecule has 0 radical (unpaired) electrons. The fraction of sp³-hybridized carbons (Fsp3) is 0.500. The van der Waals surface area contributed by atoms with Crippen molar-refractivity contribution in [1.29, 1.82) is 0 Å². The lowest BCUT2D eigenvalue weighted by Gasteiger charge is -2.00. The highest BCUT2D eigenvalue weighted by molar-refractivity contribution is 7.99. The van der Waals surface area contributed by atoms with Crippen LogP contribution in [0.2, 0.25) is 0 Å². The normalized spacial score (nSPS) is 10.3. The fourth-order valence-corrected chi connectivity index (χ4v) is 1.84. The highest BCUT2D eigenvalue weighted by Crippen LogP contribution is 2.16. The number of aromatic nitrogens is 1. The van der Waals surface area contributed by atoms with Crippen LogP contribution < -0.4 is 0 Å². The van der Waals surface area contributed by atoms with Gasteiger partial charge in [-0.15, -0.1) is 11.8 Å². The predicted molar refractivity (Wildman–Crippen MR) is 55.8 cm³/mol. The van der Waals surface area contributed by atoms with Crippen LogP contribution in [0.25, 0.3) is 0 Å². The summed E-state index contributed by atoms with van der Waals surface area (Å²) in [6.07, 6.45) is 4.18. The molecule has 1 rings (SSSR count). The minimum Gasteiger partial charge on any atom is -0.392 e. The number of nitrogens with zero attached hydrogens (tertiary/aromatic N) is 1. The van der Waals surface area contributed by atoms with Crippen molar-refractivity contribution in [2.75, 3.05) is 5.75 Å². The van der Waals surface area contributed by atoms with E-state index in [9.17, 15) is 0 Å². The molecular weight excluding hydrogens is 182 g/mol. The van der Waals surface area contributed by atoms with E-state index < -0.39 is 0 Å². The molecule has 2 nitrogen and oxygen atoms in total. The molecule has 0 atom stereocenters. The summed E-state index contributed by atoms with van der Waals surface area (Å²) in [4.78, 5) is 4.22. The second kappa shape index (κ2) is 6.00. The lowest BCUT2D eigenvalue weighted by Crippen LogP contribution is -1.87. The molecule has 3 heteroatoms. The molecule has 0 saturated carbocycles. The lowest BCUT2D eigenvalue weighted by atomic mass is 10.3. The quantitative estimate of drug-likeness (QED) is 0.581. The third-order valence-electron chi connectivity index (χ3n) is 1.73. The van der Waals surface area contributed by atoms with E-state index >= 15 is 0 Å². The number of hydrogen-bond donors (Lipinski definition) is 1. The largest absolute Gasteiger partial charge is 0.392 e. The SMILES string of the molecule is CCCCSc1ccc(CO)cn1. The molecule has 1 aromatic rings. The van der Waals surface area contributed by atoms with Gasteiger partial charge in [-0.2, -0.15) is 0 Å². The average Bonchev–Trinajstić information content (AvgIpc) is 2.19. The van der Waals surface area contributed by atoms with Gasteiger partial charge in [0.1, 0.15) is 0 Å². The Bertz CT molecular complexity index is 235. The van der Waals surface area contributed by atoms with Gasteiger partial charge in [0.05, 0.1) is 11.6 Å². The van der Waals surface area contributed by atoms with Gasteiger partial charge in [0.15, 0.2) is 0 Å². The summed E-state index contributed by atoms with van der Waals surface area (Å²) in [5, 5.41) is 9.84. The molecule has 0 unspecified atom stereocenters. The summed E-state index contributed by atoms with van der Waals surface area (Å²) >= 11 is 1.77. The van der Waals surface area contributed by atoms with Crippen LogP contribution >= 0.6 is 11.8 Å². The van der Waals surface area contributed by atoms with Crippen LogP contribution in [0.15, 0.2) is 23.4 Å². The Morgan fingerprint density at radius 2 is 2.31 bits per heavy atom. The van der Waals surface area contributed by atoms with Crippen molar-refractivity contribution in [2.45, 2.75) is 31.4 Å². The Labute approximate surface area is 83.4 Å². The van der Waals surface area contributed by atoms with Crippen LogP contribution in [0.3, 0.4) is 0 Å². The molecule has 1 aromatic heterocycles. The molecule has 0 aliphatic carbocycles. The maximum absolute atomic E-state index is 8.80. The second-order valence-electron chi connectivity index (χ2n) is 2.86. The van der Waals surface area contributed by atoms with Crippen molar-refractivity contribution < 1.29 is 5.11 Å². The highest BCUT2D eigenvalue weighted by Gasteiger charge is 1.95. The number of aliphatic hydroxyl groups excluding tert-OH is 1. The van der Waals surface area contributed by atoms with Crippen LogP contribution in [-0.2, 0) is 6.61 Å². The van der Waals surface area contributed by atoms with E-state index in [1.54, 1.807) is 18.0 Å². The number of thioether (sulfide) groups is 1. The molecule has 72 valence electrons. The Hall–Kier alpha value is -0.540. The second-order valence-corrected chi connectivity index (χ2v) is 3.98. The van der Waals surface area contributed by atoms with E-state index in [-0.39, 0.29) is 6.61 Å². The van der Waals surface area contributed by atoms with Gasteiger partial charge in [-0.05, 0) is 23.8 Å². The topological polar surface area (TPSA) is 33.1 Å². The molecule has 0 bridgehead atoms. The van der Waals surface area contributed by atoms with Crippen molar-refractivity contribution >= 4 is 11.8 Å². The van der Waals surface area contributed by atoms with Gasteiger partial charge in [-0.3, -0.25) is 0 Å². The van der Waals surface area contributed by atoms with E-state index in [4.69, 9.17) is 5.11 Å². The number of hydrogen-bond acceptors (Lipinski definition) is 3. The Morgan fingerprint density at radius 1 is 1.46 bits per heavy atom. The maximum atomic E-state index is 8.80. The summed E-state index contributed by atoms with van der Waals surface area (Å²) in [6.45, 7) is 2.26. The zero-order chi connectivity index (χ0) is 9.52. The Morgan fingerprint density at radius 3 is 2.85 bits per heavy atom. The standard InChI is InChI=1S/C10H15NOS/c1-2-3-6-13-10-5-4-9(8-12)7-11-10/h4-5,7,12H,2-3,6,8H2,1H3. The molecule has 0 spiro atoms. The van der Waals surface area contributed by atoms with Crippen LogP contribution in [0.5, 0.6) is 0 Å². The summed E-state index contributed by atoms with van der Waals surface area (Å²) < 4.78 is 0. The number of rotatable bonds is 5. The summed E-state index contributed by atoms with van der Waals surface area (Å²) in [6, 6.07) is 3.88. The van der Waals surface area contributed by atoms with Gasteiger partial charge in [0, 0.05) is 6.20 Å². The lowest BCUT2D eigenvalue weighted by molar-refractivity contribution is 0.281. The van der Waals surface area contributed by atoms with Gasteiger partial charge < -0.3 is 5.11 Å². The van der Waals surface area contributed by atoms with E-state index in [2.05, 4.69) is 11.9 Å². The minimum absolute atomic E-state index is 0.0763. The predicted octanol–water partition coefficient (Wildman–Crippen LogP) is 2.47. The molecule has 0 saturated heterocycles. The van der Waals surface area contributed by atoms with Crippen molar-refractivity contribution in [3.8, 4) is 0 Å². The molecule has 1 N–H and O–H groups in total. The van der Waals surface area contributed by atoms with Crippen LogP contribution in [0.1, 0.15) is 25.3 Å². The first-order valence-electron chi connectivity index (χ1n) is 4.55. The fourth-order valence-electron chi connectivity index (χ4n) is 0.911. The Balaban J connectivity index is 2.40. The number of unbranched alkanes of at least 4 members (excludes halogenated alkanes) is 1. The van der Waals surface area contributed by atoms with E-state index in [1.165, 1.54) is 12.8 Å². The zero-order valence-electron chi connectivity index (χ0n) is 7.86. The average molecular weight is 197 g/mol. The molecule has 0 aliphatic rings. The van der Waals surface area contributed by atoms with Gasteiger partial charge >= 0.3 is 0 Å². The molecule has 0 fully saturated rings. The summed E-state index contributed by atoms with van der Waals surface area (Å²) in [5.41, 5.74) is 0.875. The smallest absolute Gasteiger partial charge is 0.0960 e. The van der Waals surface area contributed by atoms with Gasteiger partial charge in [0.2, 0.25) is 0 Å². The van der Waals surface area contributed by atoms with Crippen molar-refractivity contribution in [3.63, 3.8) is 0 Å². The van der Waals surface area contributed by atoms with Gasteiger partial charge in [0.25, 0.3) is 0 Å². The molecule has 0 aromatic carbocycles. The van der Waals surface area contributed by atoms with Crippen molar-refractivity contribution in [3.05, 3.63) is 23.9 Å². The Kier molecular flexibility index (Phi) is 4.86. The molecule has 13 heavy (non-hydrogen) atoms. The molecule has 0 amide bonds. The third-order valence-corrected chi connectivity index (χ3v) is 2.76. The van der Waals surface area contributed by atoms with Crippen LogP contribution in [0.4, 0.5) is 0 Å². The first-order valence-corrected chi connectivity index (χ1v) is 5.54. The van der Waals surface area contributed by atoms with Crippen molar-refractivity contribution in [2.24, 2.45) is 0 Å². The highest BCUT2D eigenvalue weighted by atomic mass is 32.2. The van der Waals surface area contributed by atoms with Gasteiger partial charge in [-0.1, -0.05) is 19.4 Å². The molecule has 1 heterocycles. The molecule has 0 aliphatic heterocycles.